The van der Waals surface area contributed by atoms with Gasteiger partial charge in [0.2, 0.25) is 0 Å². The Morgan fingerprint density at radius 1 is 1.56 bits per heavy atom. The zero-order valence-corrected chi connectivity index (χ0v) is 5.60. The number of nitrogens with one attached hydrogen (secondary N) is 1. The molecule has 0 saturated carbocycles. The SMILES string of the molecule is C=CCNCCCC=O. The van der Waals surface area contributed by atoms with E-state index in [1.165, 1.54) is 0 Å². The molecule has 1 N–H and O–H groups in total. The monoisotopic (exact) mass is 127 g/mol. The van der Waals surface area contributed by atoms with Crippen molar-refractivity contribution < 1.29 is 4.79 Å². The van der Waals surface area contributed by atoms with E-state index in [0.717, 1.165) is 25.8 Å². The summed E-state index contributed by atoms with van der Waals surface area (Å²) in [5, 5.41) is 3.09. The van der Waals surface area contributed by atoms with Crippen LogP contribution in [-0.4, -0.2) is 19.4 Å². The molecule has 0 aliphatic carbocycles. The van der Waals surface area contributed by atoms with Crippen LogP contribution in [0.15, 0.2) is 12.7 Å². The Morgan fingerprint density at radius 3 is 2.89 bits per heavy atom. The second-order valence-corrected chi connectivity index (χ2v) is 1.80. The molecule has 0 amide bonds. The molecular formula is C7H13NO. The van der Waals surface area contributed by atoms with Crippen LogP contribution >= 0.6 is 0 Å². The number of aldehydes is 1. The highest BCUT2D eigenvalue weighted by Gasteiger charge is 1.82. The van der Waals surface area contributed by atoms with E-state index in [1.807, 2.05) is 0 Å². The summed E-state index contributed by atoms with van der Waals surface area (Å²) >= 11 is 0. The average Bonchev–Trinajstić information content (AvgIpc) is 1.89. The van der Waals surface area contributed by atoms with E-state index in [4.69, 9.17) is 0 Å². The van der Waals surface area contributed by atoms with E-state index in [0.29, 0.717) is 6.42 Å². The molecule has 9 heavy (non-hydrogen) atoms. The van der Waals surface area contributed by atoms with Crippen molar-refractivity contribution in [3.8, 4) is 0 Å². The van der Waals surface area contributed by atoms with Gasteiger partial charge in [0.1, 0.15) is 6.29 Å². The summed E-state index contributed by atoms with van der Waals surface area (Å²) in [6, 6.07) is 0. The molecule has 0 fully saturated rings. The van der Waals surface area contributed by atoms with Crippen LogP contribution in [0.5, 0.6) is 0 Å². The summed E-state index contributed by atoms with van der Waals surface area (Å²) in [5.74, 6) is 0. The maximum absolute atomic E-state index is 9.79. The number of rotatable bonds is 6. The lowest BCUT2D eigenvalue weighted by Gasteiger charge is -1.95. The lowest BCUT2D eigenvalue weighted by atomic mass is 10.3. The van der Waals surface area contributed by atoms with Gasteiger partial charge in [0, 0.05) is 13.0 Å². The van der Waals surface area contributed by atoms with Gasteiger partial charge in [-0.25, -0.2) is 0 Å². The van der Waals surface area contributed by atoms with Gasteiger partial charge >= 0.3 is 0 Å². The van der Waals surface area contributed by atoms with Crippen molar-refractivity contribution in [3.05, 3.63) is 12.7 Å². The van der Waals surface area contributed by atoms with Gasteiger partial charge in [-0.3, -0.25) is 0 Å². The van der Waals surface area contributed by atoms with E-state index in [2.05, 4.69) is 11.9 Å². The average molecular weight is 127 g/mol. The highest BCUT2D eigenvalue weighted by atomic mass is 16.1. The van der Waals surface area contributed by atoms with Crippen molar-refractivity contribution in [1.82, 2.24) is 5.32 Å². The van der Waals surface area contributed by atoms with Gasteiger partial charge in [-0.15, -0.1) is 6.58 Å². The lowest BCUT2D eigenvalue weighted by molar-refractivity contribution is -0.107. The third kappa shape index (κ3) is 7.37. The van der Waals surface area contributed by atoms with E-state index in [-0.39, 0.29) is 0 Å². The summed E-state index contributed by atoms with van der Waals surface area (Å²) in [6.45, 7) is 5.29. The fraction of sp³-hybridized carbons (Fsp3) is 0.571. The first-order valence-electron chi connectivity index (χ1n) is 3.17. The molecule has 52 valence electrons. The summed E-state index contributed by atoms with van der Waals surface area (Å²) in [5.41, 5.74) is 0. The largest absolute Gasteiger partial charge is 0.313 e. The van der Waals surface area contributed by atoms with Crippen LogP contribution < -0.4 is 5.32 Å². The Bertz CT molecular complexity index is 71.0. The number of hydrogen-bond acceptors (Lipinski definition) is 2. The molecule has 0 aliphatic heterocycles. The van der Waals surface area contributed by atoms with Gasteiger partial charge in [-0.1, -0.05) is 6.08 Å². The van der Waals surface area contributed by atoms with E-state index in [9.17, 15) is 4.79 Å². The summed E-state index contributed by atoms with van der Waals surface area (Å²) in [4.78, 5) is 9.79. The van der Waals surface area contributed by atoms with Gasteiger partial charge in [0.15, 0.2) is 0 Å². The zero-order valence-electron chi connectivity index (χ0n) is 5.60. The molecule has 0 aromatic rings. The van der Waals surface area contributed by atoms with Gasteiger partial charge in [0.25, 0.3) is 0 Å². The predicted molar refractivity (Wildman–Crippen MR) is 38.4 cm³/mol. The maximum atomic E-state index is 9.79. The van der Waals surface area contributed by atoms with Crippen LogP contribution in [0.2, 0.25) is 0 Å². The first-order chi connectivity index (χ1) is 4.41. The van der Waals surface area contributed by atoms with Crippen LogP contribution in [0.4, 0.5) is 0 Å². The van der Waals surface area contributed by atoms with Crippen LogP contribution in [0.1, 0.15) is 12.8 Å². The second-order valence-electron chi connectivity index (χ2n) is 1.80. The summed E-state index contributed by atoms with van der Waals surface area (Å²) < 4.78 is 0. The summed E-state index contributed by atoms with van der Waals surface area (Å²) in [6.07, 6.45) is 4.33. The quantitative estimate of drug-likeness (QED) is 0.324. The predicted octanol–water partition coefficient (Wildman–Crippen LogP) is 0.741. The fourth-order valence-electron chi connectivity index (χ4n) is 0.515. The van der Waals surface area contributed by atoms with Crippen molar-refractivity contribution in [3.63, 3.8) is 0 Å². The smallest absolute Gasteiger partial charge is 0.120 e. The molecule has 0 radical (unpaired) electrons. The zero-order chi connectivity index (χ0) is 6.95. The minimum absolute atomic E-state index is 0.657. The van der Waals surface area contributed by atoms with E-state index < -0.39 is 0 Å². The highest BCUT2D eigenvalue weighted by Crippen LogP contribution is 1.79. The van der Waals surface area contributed by atoms with Gasteiger partial charge in [0.05, 0.1) is 0 Å². The molecule has 0 spiro atoms. The highest BCUT2D eigenvalue weighted by molar-refractivity contribution is 5.48. The maximum Gasteiger partial charge on any atom is 0.120 e. The van der Waals surface area contributed by atoms with Gasteiger partial charge in [-0.2, -0.15) is 0 Å². The normalized spacial score (nSPS) is 8.89. The number of unbranched alkanes of at least 4 members (excludes halogenated alkanes) is 1. The number of hydrogen-bond donors (Lipinski definition) is 1. The molecule has 0 rings (SSSR count). The minimum Gasteiger partial charge on any atom is -0.313 e. The van der Waals surface area contributed by atoms with Crippen LogP contribution in [0.3, 0.4) is 0 Å². The Labute approximate surface area is 56.0 Å². The van der Waals surface area contributed by atoms with Crippen molar-refractivity contribution in [1.29, 1.82) is 0 Å². The molecular weight excluding hydrogens is 114 g/mol. The molecule has 0 aromatic carbocycles. The standard InChI is InChI=1S/C7H13NO/c1-2-5-8-6-3-4-7-9/h2,7-8H,1,3-6H2. The van der Waals surface area contributed by atoms with Crippen LogP contribution in [0, 0.1) is 0 Å². The molecule has 0 atom stereocenters. The van der Waals surface area contributed by atoms with Gasteiger partial charge < -0.3 is 10.1 Å². The fourth-order valence-corrected chi connectivity index (χ4v) is 0.515. The molecule has 2 nitrogen and oxygen atoms in total. The molecule has 2 heteroatoms. The van der Waals surface area contributed by atoms with E-state index in [1.54, 1.807) is 6.08 Å². The molecule has 0 aromatic heterocycles. The van der Waals surface area contributed by atoms with Crippen molar-refractivity contribution in [2.75, 3.05) is 13.1 Å². The van der Waals surface area contributed by atoms with Crippen LogP contribution in [0.25, 0.3) is 0 Å². The third-order valence-electron chi connectivity index (χ3n) is 0.964. The first-order valence-corrected chi connectivity index (χ1v) is 3.17. The van der Waals surface area contributed by atoms with Gasteiger partial charge in [-0.05, 0) is 13.0 Å². The molecule has 0 bridgehead atoms. The molecule has 0 unspecified atom stereocenters. The molecule has 0 aliphatic rings. The molecule has 0 saturated heterocycles. The van der Waals surface area contributed by atoms with Crippen LogP contribution in [-0.2, 0) is 4.79 Å². The van der Waals surface area contributed by atoms with Crippen molar-refractivity contribution >= 4 is 6.29 Å². The topological polar surface area (TPSA) is 29.1 Å². The van der Waals surface area contributed by atoms with Crippen molar-refractivity contribution in [2.24, 2.45) is 0 Å². The Hall–Kier alpha value is -0.630. The molecule has 0 heterocycles. The number of carbonyl (C=O) groups is 1. The van der Waals surface area contributed by atoms with E-state index >= 15 is 0 Å². The summed E-state index contributed by atoms with van der Waals surface area (Å²) in [7, 11) is 0. The Balaban J connectivity index is 2.74. The van der Waals surface area contributed by atoms with Crippen molar-refractivity contribution in [2.45, 2.75) is 12.8 Å². The minimum atomic E-state index is 0.657. The third-order valence-corrected chi connectivity index (χ3v) is 0.964. The lowest BCUT2D eigenvalue weighted by Crippen LogP contribution is -2.14. The Kier molecular flexibility index (Phi) is 6.85. The first kappa shape index (κ1) is 8.37. The number of carbonyl (C=O) groups excluding carboxylic acids is 1. The Morgan fingerprint density at radius 2 is 2.33 bits per heavy atom. The second kappa shape index (κ2) is 7.37.